The Morgan fingerprint density at radius 2 is 1.83 bits per heavy atom. The molecule has 0 unspecified atom stereocenters. The molecule has 118 valence electrons. The summed E-state index contributed by atoms with van der Waals surface area (Å²) < 4.78 is 7.68. The Bertz CT molecular complexity index is 1020. The number of rotatable bonds is 3. The Morgan fingerprint density at radius 1 is 1.04 bits per heavy atom. The number of hydrogen-bond acceptors (Lipinski definition) is 3. The third kappa shape index (κ3) is 2.61. The number of furan rings is 1. The zero-order valence-electron chi connectivity index (χ0n) is 12.4. The first-order valence-electron chi connectivity index (χ1n) is 7.31. The third-order valence-electron chi connectivity index (χ3n) is 3.61. The van der Waals surface area contributed by atoms with Gasteiger partial charge in [0.2, 0.25) is 0 Å². The molecule has 0 bridgehead atoms. The summed E-state index contributed by atoms with van der Waals surface area (Å²) in [5, 5.41) is 2.91. The molecule has 3 heterocycles. The molecule has 0 spiro atoms. The van der Waals surface area contributed by atoms with Crippen molar-refractivity contribution in [1.82, 2.24) is 9.38 Å². The lowest BCUT2D eigenvalue weighted by Gasteiger charge is -2.06. The van der Waals surface area contributed by atoms with Gasteiger partial charge in [0.25, 0.3) is 5.91 Å². The fourth-order valence-corrected chi connectivity index (χ4v) is 2.82. The van der Waals surface area contributed by atoms with E-state index in [0.29, 0.717) is 16.2 Å². The molecular formula is C18H12BrN3O2. The Hall–Kier alpha value is -2.86. The molecule has 1 aromatic carbocycles. The maximum absolute atomic E-state index is 12.5. The molecule has 0 aliphatic rings. The number of fused-ring (bicyclic) bond motifs is 1. The molecule has 5 nitrogen and oxygen atoms in total. The smallest absolute Gasteiger partial charge is 0.292 e. The van der Waals surface area contributed by atoms with E-state index in [1.165, 1.54) is 0 Å². The summed E-state index contributed by atoms with van der Waals surface area (Å²) in [5.74, 6) is 0.504. The molecule has 0 saturated heterocycles. The van der Waals surface area contributed by atoms with E-state index in [9.17, 15) is 4.79 Å². The number of imidazole rings is 1. The van der Waals surface area contributed by atoms with Crippen LogP contribution in [0.2, 0.25) is 0 Å². The van der Waals surface area contributed by atoms with Crippen molar-refractivity contribution < 1.29 is 9.21 Å². The van der Waals surface area contributed by atoms with Crippen LogP contribution in [0.15, 0.2) is 75.9 Å². The van der Waals surface area contributed by atoms with Gasteiger partial charge in [-0.3, -0.25) is 9.20 Å². The highest BCUT2D eigenvalue weighted by Crippen LogP contribution is 2.29. The minimum Gasteiger partial charge on any atom is -0.444 e. The van der Waals surface area contributed by atoms with Crippen LogP contribution in [0.4, 0.5) is 5.82 Å². The topological polar surface area (TPSA) is 59.5 Å². The van der Waals surface area contributed by atoms with Gasteiger partial charge in [-0.25, -0.2) is 4.98 Å². The van der Waals surface area contributed by atoms with Gasteiger partial charge in [0.05, 0.1) is 0 Å². The second-order valence-corrected chi connectivity index (χ2v) is 5.94. The molecule has 0 atom stereocenters. The third-order valence-corrected chi connectivity index (χ3v) is 4.03. The second-order valence-electron chi connectivity index (χ2n) is 5.16. The Balaban J connectivity index is 1.82. The molecule has 1 N–H and O–H groups in total. The van der Waals surface area contributed by atoms with Crippen LogP contribution in [0.1, 0.15) is 10.6 Å². The molecule has 4 aromatic rings. The van der Waals surface area contributed by atoms with E-state index < -0.39 is 0 Å². The van der Waals surface area contributed by atoms with Gasteiger partial charge in [0.15, 0.2) is 10.4 Å². The first-order valence-corrected chi connectivity index (χ1v) is 8.11. The predicted molar refractivity (Wildman–Crippen MR) is 95.0 cm³/mol. The Morgan fingerprint density at radius 3 is 2.58 bits per heavy atom. The molecule has 0 saturated carbocycles. The number of nitrogens with zero attached hydrogens (tertiary/aromatic N) is 2. The highest BCUT2D eigenvalue weighted by Gasteiger charge is 2.18. The number of aromatic nitrogens is 2. The average Bonchev–Trinajstić information content (AvgIpc) is 3.20. The van der Waals surface area contributed by atoms with Gasteiger partial charge in [-0.15, -0.1) is 0 Å². The number of carbonyl (C=O) groups excluding carboxylic acids is 1. The summed E-state index contributed by atoms with van der Waals surface area (Å²) in [5.41, 5.74) is 2.39. The van der Waals surface area contributed by atoms with Crippen molar-refractivity contribution in [3.63, 3.8) is 0 Å². The van der Waals surface area contributed by atoms with Crippen LogP contribution in [-0.2, 0) is 0 Å². The molecule has 1 amide bonds. The van der Waals surface area contributed by atoms with Gasteiger partial charge in [0.1, 0.15) is 17.2 Å². The number of benzene rings is 1. The van der Waals surface area contributed by atoms with Gasteiger partial charge in [-0.1, -0.05) is 36.4 Å². The lowest BCUT2D eigenvalue weighted by molar-refractivity contribution is 0.0995. The van der Waals surface area contributed by atoms with Crippen LogP contribution >= 0.6 is 15.9 Å². The Kier molecular flexibility index (Phi) is 3.66. The minimum absolute atomic E-state index is 0.228. The number of nitrogens with one attached hydrogen (secondary N) is 1. The van der Waals surface area contributed by atoms with Crippen LogP contribution in [0.25, 0.3) is 16.9 Å². The van der Waals surface area contributed by atoms with Crippen molar-refractivity contribution >= 4 is 33.3 Å². The van der Waals surface area contributed by atoms with Gasteiger partial charge < -0.3 is 9.73 Å². The predicted octanol–water partition coefficient (Wildman–Crippen LogP) is 4.61. The van der Waals surface area contributed by atoms with Crippen molar-refractivity contribution in [3.8, 4) is 11.3 Å². The molecule has 4 rings (SSSR count). The first kappa shape index (κ1) is 14.7. The summed E-state index contributed by atoms with van der Waals surface area (Å²) in [6.07, 6.45) is 1.86. The normalized spacial score (nSPS) is 10.9. The van der Waals surface area contributed by atoms with Gasteiger partial charge in [-0.2, -0.15) is 0 Å². The zero-order chi connectivity index (χ0) is 16.5. The molecular weight excluding hydrogens is 370 g/mol. The minimum atomic E-state index is -0.330. The molecule has 0 aliphatic carbocycles. The SMILES string of the molecule is O=C(Nc1c(-c2ccccc2)nc2ccccn12)c1ccc(Br)o1. The molecule has 0 fully saturated rings. The quantitative estimate of drug-likeness (QED) is 0.563. The van der Waals surface area contributed by atoms with Crippen LogP contribution in [0.3, 0.4) is 0 Å². The van der Waals surface area contributed by atoms with Crippen LogP contribution in [0.5, 0.6) is 0 Å². The number of anilines is 1. The molecule has 0 aliphatic heterocycles. The highest BCUT2D eigenvalue weighted by molar-refractivity contribution is 9.10. The van der Waals surface area contributed by atoms with Crippen LogP contribution in [0, 0.1) is 0 Å². The average molecular weight is 382 g/mol. The zero-order valence-corrected chi connectivity index (χ0v) is 14.0. The number of carbonyl (C=O) groups is 1. The van der Waals surface area contributed by atoms with E-state index in [2.05, 4.69) is 26.2 Å². The number of amides is 1. The summed E-state index contributed by atoms with van der Waals surface area (Å²) in [7, 11) is 0. The standard InChI is InChI=1S/C18H12BrN3O2/c19-14-10-9-13(24-14)18(23)21-17-16(12-6-2-1-3-7-12)20-15-8-4-5-11-22(15)17/h1-11H,(H,21,23). The molecule has 24 heavy (non-hydrogen) atoms. The van der Waals surface area contributed by atoms with E-state index in [1.807, 2.05) is 59.1 Å². The maximum Gasteiger partial charge on any atom is 0.292 e. The van der Waals surface area contributed by atoms with Crippen molar-refractivity contribution in [3.05, 3.63) is 77.3 Å². The van der Waals surface area contributed by atoms with E-state index in [1.54, 1.807) is 12.1 Å². The number of halogens is 1. The second kappa shape index (κ2) is 5.98. The van der Waals surface area contributed by atoms with E-state index in [4.69, 9.17) is 4.42 Å². The summed E-state index contributed by atoms with van der Waals surface area (Å²) in [4.78, 5) is 17.1. The number of pyridine rings is 1. The molecule has 6 heteroatoms. The molecule has 0 radical (unpaired) electrons. The van der Waals surface area contributed by atoms with Crippen molar-refractivity contribution in [1.29, 1.82) is 0 Å². The van der Waals surface area contributed by atoms with Gasteiger partial charge in [-0.05, 0) is 40.2 Å². The highest BCUT2D eigenvalue weighted by atomic mass is 79.9. The van der Waals surface area contributed by atoms with Crippen molar-refractivity contribution in [2.24, 2.45) is 0 Å². The lowest BCUT2D eigenvalue weighted by Crippen LogP contribution is -2.13. The first-order chi connectivity index (χ1) is 11.7. The summed E-state index contributed by atoms with van der Waals surface area (Å²) in [6, 6.07) is 18.7. The van der Waals surface area contributed by atoms with Gasteiger partial charge >= 0.3 is 0 Å². The maximum atomic E-state index is 12.5. The van der Waals surface area contributed by atoms with Crippen molar-refractivity contribution in [2.75, 3.05) is 5.32 Å². The van der Waals surface area contributed by atoms with Crippen molar-refractivity contribution in [2.45, 2.75) is 0 Å². The van der Waals surface area contributed by atoms with Crippen LogP contribution in [-0.4, -0.2) is 15.3 Å². The van der Waals surface area contributed by atoms with Gasteiger partial charge in [0, 0.05) is 11.8 Å². The summed E-state index contributed by atoms with van der Waals surface area (Å²) in [6.45, 7) is 0. The molecule has 3 aromatic heterocycles. The number of hydrogen-bond donors (Lipinski definition) is 1. The van der Waals surface area contributed by atoms with Crippen LogP contribution < -0.4 is 5.32 Å². The van der Waals surface area contributed by atoms with E-state index in [-0.39, 0.29) is 11.7 Å². The fourth-order valence-electron chi connectivity index (χ4n) is 2.52. The fraction of sp³-hybridized carbons (Fsp3) is 0. The van der Waals surface area contributed by atoms with E-state index >= 15 is 0 Å². The Labute approximate surface area is 146 Å². The lowest BCUT2D eigenvalue weighted by atomic mass is 10.1. The van der Waals surface area contributed by atoms with E-state index in [0.717, 1.165) is 11.2 Å². The largest absolute Gasteiger partial charge is 0.444 e. The monoisotopic (exact) mass is 381 g/mol. The summed E-state index contributed by atoms with van der Waals surface area (Å²) >= 11 is 3.21.